The molecule has 0 spiro atoms. The summed E-state index contributed by atoms with van der Waals surface area (Å²) in [5.41, 5.74) is 0.211. The Labute approximate surface area is 111 Å². The summed E-state index contributed by atoms with van der Waals surface area (Å²) in [5, 5.41) is 8.91. The molecule has 106 valence electrons. The predicted molar refractivity (Wildman–Crippen MR) is 61.7 cm³/mol. The standard InChI is InChI=1S/C13H9F3O4/c14-13(15,16)11-8(12(17)18)3-7-5-9-6(1-2-19-9)4-10(7)20-11/h3-5,11H,1-2H2,(H,17,18). The van der Waals surface area contributed by atoms with Gasteiger partial charge in [0.2, 0.25) is 6.10 Å². The SMILES string of the molecule is O=C(O)C1=Cc2cc3c(cc2OC1C(F)(F)F)CCO3. The van der Waals surface area contributed by atoms with Gasteiger partial charge in [0, 0.05) is 17.5 Å². The molecule has 0 fully saturated rings. The monoisotopic (exact) mass is 286 g/mol. The number of carbonyl (C=O) groups is 1. The second-order valence-electron chi connectivity index (χ2n) is 4.54. The van der Waals surface area contributed by atoms with E-state index < -0.39 is 23.8 Å². The van der Waals surface area contributed by atoms with Gasteiger partial charge >= 0.3 is 12.1 Å². The third-order valence-corrected chi connectivity index (χ3v) is 3.20. The highest BCUT2D eigenvalue weighted by atomic mass is 19.4. The maximum Gasteiger partial charge on any atom is 0.430 e. The lowest BCUT2D eigenvalue weighted by molar-refractivity contribution is -0.187. The quantitative estimate of drug-likeness (QED) is 0.861. The van der Waals surface area contributed by atoms with Gasteiger partial charge in [-0.05, 0) is 18.2 Å². The Balaban J connectivity index is 2.10. The third kappa shape index (κ3) is 1.99. The zero-order valence-electron chi connectivity index (χ0n) is 10.0. The van der Waals surface area contributed by atoms with Gasteiger partial charge in [0.15, 0.2) is 0 Å². The van der Waals surface area contributed by atoms with Gasteiger partial charge in [0.25, 0.3) is 0 Å². The number of aliphatic carboxylic acids is 1. The Bertz CT molecular complexity index is 619. The molecular weight excluding hydrogens is 277 g/mol. The Morgan fingerprint density at radius 2 is 2.05 bits per heavy atom. The molecule has 0 saturated heterocycles. The molecule has 20 heavy (non-hydrogen) atoms. The number of alkyl halides is 3. The fraction of sp³-hybridized carbons (Fsp3) is 0.308. The van der Waals surface area contributed by atoms with E-state index in [0.29, 0.717) is 18.8 Å². The molecule has 0 amide bonds. The van der Waals surface area contributed by atoms with Gasteiger partial charge in [0.05, 0.1) is 12.2 Å². The first kappa shape index (κ1) is 12.8. The van der Waals surface area contributed by atoms with Gasteiger partial charge < -0.3 is 14.6 Å². The van der Waals surface area contributed by atoms with E-state index in [2.05, 4.69) is 0 Å². The largest absolute Gasteiger partial charge is 0.493 e. The molecule has 4 nitrogen and oxygen atoms in total. The summed E-state index contributed by atoms with van der Waals surface area (Å²) < 4.78 is 48.8. The van der Waals surface area contributed by atoms with Crippen LogP contribution < -0.4 is 9.47 Å². The molecule has 0 radical (unpaired) electrons. The molecule has 2 aliphatic rings. The molecule has 0 bridgehead atoms. The van der Waals surface area contributed by atoms with Crippen molar-refractivity contribution in [2.24, 2.45) is 0 Å². The first-order valence-corrected chi connectivity index (χ1v) is 5.84. The van der Waals surface area contributed by atoms with Crippen molar-refractivity contribution in [2.45, 2.75) is 18.7 Å². The van der Waals surface area contributed by atoms with Crippen LogP contribution in [0.15, 0.2) is 17.7 Å². The van der Waals surface area contributed by atoms with Gasteiger partial charge in [-0.1, -0.05) is 0 Å². The highest BCUT2D eigenvalue weighted by Crippen LogP contribution is 2.41. The number of fused-ring (bicyclic) bond motifs is 2. The maximum atomic E-state index is 12.9. The highest BCUT2D eigenvalue weighted by Gasteiger charge is 2.48. The molecule has 2 heterocycles. The summed E-state index contributed by atoms with van der Waals surface area (Å²) in [7, 11) is 0. The molecule has 0 saturated carbocycles. The summed E-state index contributed by atoms with van der Waals surface area (Å²) in [5.74, 6) is -1.07. The zero-order valence-corrected chi connectivity index (χ0v) is 10.0. The number of benzene rings is 1. The molecule has 0 aliphatic carbocycles. The summed E-state index contributed by atoms with van der Waals surface area (Å²) in [6.45, 7) is 0.455. The highest BCUT2D eigenvalue weighted by molar-refractivity contribution is 5.95. The van der Waals surface area contributed by atoms with Crippen LogP contribution in [0.4, 0.5) is 13.2 Å². The lowest BCUT2D eigenvalue weighted by atomic mass is 9.99. The van der Waals surface area contributed by atoms with Crippen LogP contribution in [-0.4, -0.2) is 30.0 Å². The number of carboxylic acid groups (broad SMARTS) is 1. The van der Waals surface area contributed by atoms with Crippen molar-refractivity contribution < 1.29 is 32.5 Å². The summed E-state index contributed by atoms with van der Waals surface area (Å²) >= 11 is 0. The average molecular weight is 286 g/mol. The van der Waals surface area contributed by atoms with E-state index in [-0.39, 0.29) is 11.3 Å². The molecule has 1 N–H and O–H groups in total. The van der Waals surface area contributed by atoms with Crippen molar-refractivity contribution in [1.29, 1.82) is 0 Å². The fourth-order valence-electron chi connectivity index (χ4n) is 2.28. The third-order valence-electron chi connectivity index (χ3n) is 3.20. The van der Waals surface area contributed by atoms with Crippen molar-refractivity contribution in [3.63, 3.8) is 0 Å². The van der Waals surface area contributed by atoms with Crippen LogP contribution in [0.25, 0.3) is 6.08 Å². The van der Waals surface area contributed by atoms with E-state index in [9.17, 15) is 18.0 Å². The summed E-state index contributed by atoms with van der Waals surface area (Å²) in [4.78, 5) is 11.0. The number of hydrogen-bond acceptors (Lipinski definition) is 3. The minimum Gasteiger partial charge on any atom is -0.493 e. The van der Waals surface area contributed by atoms with Crippen LogP contribution in [0.1, 0.15) is 11.1 Å². The Hall–Kier alpha value is -2.18. The van der Waals surface area contributed by atoms with Crippen LogP contribution in [0.2, 0.25) is 0 Å². The van der Waals surface area contributed by atoms with E-state index >= 15 is 0 Å². The number of ether oxygens (including phenoxy) is 2. The second-order valence-corrected chi connectivity index (χ2v) is 4.54. The van der Waals surface area contributed by atoms with Crippen molar-refractivity contribution >= 4 is 12.0 Å². The molecule has 1 aromatic rings. The smallest absolute Gasteiger partial charge is 0.430 e. The number of hydrogen-bond donors (Lipinski definition) is 1. The van der Waals surface area contributed by atoms with Gasteiger partial charge in [0.1, 0.15) is 11.5 Å². The van der Waals surface area contributed by atoms with Crippen LogP contribution in [0.3, 0.4) is 0 Å². The van der Waals surface area contributed by atoms with Crippen molar-refractivity contribution in [3.05, 3.63) is 28.8 Å². The molecule has 1 atom stereocenters. The predicted octanol–water partition coefficient (Wildman–Crippen LogP) is 2.41. The van der Waals surface area contributed by atoms with E-state index in [1.165, 1.54) is 12.1 Å². The zero-order chi connectivity index (χ0) is 14.5. The van der Waals surface area contributed by atoms with E-state index in [0.717, 1.165) is 11.6 Å². The van der Waals surface area contributed by atoms with Gasteiger partial charge in [-0.25, -0.2) is 4.79 Å². The summed E-state index contributed by atoms with van der Waals surface area (Å²) in [6.07, 6.45) is -5.65. The lowest BCUT2D eigenvalue weighted by Gasteiger charge is -2.27. The Morgan fingerprint density at radius 1 is 1.30 bits per heavy atom. The Kier molecular flexibility index (Phi) is 2.67. The van der Waals surface area contributed by atoms with Crippen LogP contribution >= 0.6 is 0 Å². The number of rotatable bonds is 1. The number of carboxylic acids is 1. The molecular formula is C13H9F3O4. The van der Waals surface area contributed by atoms with Gasteiger partial charge in [-0.3, -0.25) is 0 Å². The van der Waals surface area contributed by atoms with Crippen molar-refractivity contribution in [3.8, 4) is 11.5 Å². The molecule has 1 aromatic carbocycles. The normalized spacial score (nSPS) is 20.4. The fourth-order valence-corrected chi connectivity index (χ4v) is 2.28. The maximum absolute atomic E-state index is 12.9. The average Bonchev–Trinajstić information content (AvgIpc) is 2.80. The second kappa shape index (κ2) is 4.16. The lowest BCUT2D eigenvalue weighted by Crippen LogP contribution is -2.40. The summed E-state index contributed by atoms with van der Waals surface area (Å²) in [6, 6.07) is 2.98. The van der Waals surface area contributed by atoms with E-state index in [1.54, 1.807) is 0 Å². The van der Waals surface area contributed by atoms with E-state index in [4.69, 9.17) is 14.6 Å². The molecule has 7 heteroatoms. The number of halogens is 3. The van der Waals surface area contributed by atoms with Crippen molar-refractivity contribution in [1.82, 2.24) is 0 Å². The van der Waals surface area contributed by atoms with E-state index in [1.807, 2.05) is 0 Å². The first-order valence-electron chi connectivity index (χ1n) is 5.84. The first-order chi connectivity index (χ1) is 9.36. The Morgan fingerprint density at radius 3 is 2.70 bits per heavy atom. The van der Waals surface area contributed by atoms with Gasteiger partial charge in [-0.2, -0.15) is 13.2 Å². The molecule has 3 rings (SSSR count). The van der Waals surface area contributed by atoms with Crippen LogP contribution in [-0.2, 0) is 11.2 Å². The van der Waals surface area contributed by atoms with Crippen LogP contribution in [0.5, 0.6) is 11.5 Å². The van der Waals surface area contributed by atoms with Gasteiger partial charge in [-0.15, -0.1) is 0 Å². The minimum atomic E-state index is -4.78. The van der Waals surface area contributed by atoms with Crippen LogP contribution in [0, 0.1) is 0 Å². The molecule has 1 unspecified atom stereocenters. The minimum absolute atomic E-state index is 0.0292. The van der Waals surface area contributed by atoms with Crippen molar-refractivity contribution in [2.75, 3.05) is 6.61 Å². The molecule has 0 aromatic heterocycles. The molecule has 2 aliphatic heterocycles. The topological polar surface area (TPSA) is 55.8 Å².